The summed E-state index contributed by atoms with van der Waals surface area (Å²) >= 11 is 0. The van der Waals surface area contributed by atoms with Crippen LogP contribution >= 0.6 is 0 Å². The molecule has 0 N–H and O–H groups in total. The SMILES string of the molecule is CCN1CCCCC[C@@H]1CC(=O)c1ccco1. The van der Waals surface area contributed by atoms with Gasteiger partial charge in [-0.3, -0.25) is 4.79 Å². The summed E-state index contributed by atoms with van der Waals surface area (Å²) in [4.78, 5) is 14.5. The first-order chi connectivity index (χ1) is 8.31. The quantitative estimate of drug-likeness (QED) is 0.752. The van der Waals surface area contributed by atoms with Gasteiger partial charge < -0.3 is 9.32 Å². The molecule has 2 heterocycles. The number of furan rings is 1. The summed E-state index contributed by atoms with van der Waals surface area (Å²) in [5.74, 6) is 0.644. The molecular formula is C14H21NO2. The van der Waals surface area contributed by atoms with Crippen LogP contribution in [-0.2, 0) is 0 Å². The Labute approximate surface area is 103 Å². The molecule has 2 rings (SSSR count). The van der Waals surface area contributed by atoms with E-state index in [0.29, 0.717) is 18.2 Å². The fourth-order valence-electron chi connectivity index (χ4n) is 2.64. The second-order valence-electron chi connectivity index (χ2n) is 4.74. The number of Topliss-reactive ketones (excluding diaryl/α,β-unsaturated/α-hetero) is 1. The highest BCUT2D eigenvalue weighted by molar-refractivity contribution is 5.93. The van der Waals surface area contributed by atoms with Gasteiger partial charge in [0.1, 0.15) is 0 Å². The number of carbonyl (C=O) groups excluding carboxylic acids is 1. The van der Waals surface area contributed by atoms with Crippen molar-refractivity contribution in [1.82, 2.24) is 4.90 Å². The number of nitrogens with zero attached hydrogens (tertiary/aromatic N) is 1. The summed E-state index contributed by atoms with van der Waals surface area (Å²) in [6.07, 6.45) is 7.10. The van der Waals surface area contributed by atoms with Crippen LogP contribution in [0.1, 0.15) is 49.6 Å². The molecule has 1 saturated heterocycles. The molecule has 3 nitrogen and oxygen atoms in total. The van der Waals surface area contributed by atoms with Crippen LogP contribution in [0.3, 0.4) is 0 Å². The van der Waals surface area contributed by atoms with Crippen molar-refractivity contribution in [2.45, 2.75) is 45.1 Å². The zero-order valence-corrected chi connectivity index (χ0v) is 10.5. The van der Waals surface area contributed by atoms with Crippen molar-refractivity contribution < 1.29 is 9.21 Å². The Kier molecular flexibility index (Phi) is 4.37. The van der Waals surface area contributed by atoms with Gasteiger partial charge in [0.25, 0.3) is 0 Å². The largest absolute Gasteiger partial charge is 0.461 e. The molecule has 0 spiro atoms. The summed E-state index contributed by atoms with van der Waals surface area (Å²) in [6.45, 7) is 4.35. The minimum Gasteiger partial charge on any atom is -0.461 e. The lowest BCUT2D eigenvalue weighted by Gasteiger charge is -2.27. The van der Waals surface area contributed by atoms with Gasteiger partial charge in [-0.05, 0) is 38.1 Å². The van der Waals surface area contributed by atoms with Gasteiger partial charge in [0.15, 0.2) is 11.5 Å². The summed E-state index contributed by atoms with van der Waals surface area (Å²) in [5, 5.41) is 0. The molecule has 1 aromatic rings. The predicted octanol–water partition coefficient (Wildman–Crippen LogP) is 3.12. The molecule has 0 saturated carbocycles. The summed E-state index contributed by atoms with van der Waals surface area (Å²) in [5.41, 5.74) is 0. The molecule has 1 aromatic heterocycles. The maximum Gasteiger partial charge on any atom is 0.199 e. The Bertz CT molecular complexity index is 345. The molecule has 0 bridgehead atoms. The van der Waals surface area contributed by atoms with E-state index < -0.39 is 0 Å². The van der Waals surface area contributed by atoms with E-state index in [4.69, 9.17) is 4.42 Å². The molecule has 1 aliphatic heterocycles. The molecule has 94 valence electrons. The van der Waals surface area contributed by atoms with E-state index in [-0.39, 0.29) is 5.78 Å². The van der Waals surface area contributed by atoms with Gasteiger partial charge in [0.05, 0.1) is 6.26 Å². The Morgan fingerprint density at radius 3 is 3.06 bits per heavy atom. The van der Waals surface area contributed by atoms with Crippen molar-refractivity contribution in [1.29, 1.82) is 0 Å². The number of rotatable bonds is 4. The van der Waals surface area contributed by atoms with Crippen molar-refractivity contribution in [3.8, 4) is 0 Å². The highest BCUT2D eigenvalue weighted by atomic mass is 16.3. The second kappa shape index (κ2) is 6.01. The number of ketones is 1. The molecule has 0 aliphatic carbocycles. The fourth-order valence-corrected chi connectivity index (χ4v) is 2.64. The third kappa shape index (κ3) is 3.19. The van der Waals surface area contributed by atoms with Gasteiger partial charge in [-0.15, -0.1) is 0 Å². The predicted molar refractivity (Wildman–Crippen MR) is 67.2 cm³/mol. The van der Waals surface area contributed by atoms with Crippen LogP contribution in [0.25, 0.3) is 0 Å². The number of hydrogen-bond donors (Lipinski definition) is 0. The van der Waals surface area contributed by atoms with Crippen molar-refractivity contribution in [3.05, 3.63) is 24.2 Å². The van der Waals surface area contributed by atoms with Gasteiger partial charge in [0, 0.05) is 12.5 Å². The molecule has 0 radical (unpaired) electrons. The van der Waals surface area contributed by atoms with E-state index in [1.54, 1.807) is 18.4 Å². The lowest BCUT2D eigenvalue weighted by Crippen LogP contribution is -2.36. The van der Waals surface area contributed by atoms with E-state index in [0.717, 1.165) is 19.5 Å². The highest BCUT2D eigenvalue weighted by Gasteiger charge is 2.23. The molecular weight excluding hydrogens is 214 g/mol. The van der Waals surface area contributed by atoms with Crippen LogP contribution < -0.4 is 0 Å². The Morgan fingerprint density at radius 2 is 2.35 bits per heavy atom. The number of hydrogen-bond acceptors (Lipinski definition) is 3. The van der Waals surface area contributed by atoms with Crippen LogP contribution in [0.4, 0.5) is 0 Å². The van der Waals surface area contributed by atoms with Crippen molar-refractivity contribution in [3.63, 3.8) is 0 Å². The number of likely N-dealkylation sites (tertiary alicyclic amines) is 1. The third-order valence-corrected chi connectivity index (χ3v) is 3.62. The monoisotopic (exact) mass is 235 g/mol. The minimum absolute atomic E-state index is 0.139. The third-order valence-electron chi connectivity index (χ3n) is 3.62. The molecule has 1 atom stereocenters. The first-order valence-corrected chi connectivity index (χ1v) is 6.62. The van der Waals surface area contributed by atoms with E-state index in [9.17, 15) is 4.79 Å². The molecule has 3 heteroatoms. The smallest absolute Gasteiger partial charge is 0.199 e. The standard InChI is InChI=1S/C14H21NO2/c1-2-15-9-5-3-4-7-12(15)11-13(16)14-8-6-10-17-14/h6,8,10,12H,2-5,7,9,11H2,1H3/t12-/m1/s1. The van der Waals surface area contributed by atoms with Crippen LogP contribution in [0.2, 0.25) is 0 Å². The lowest BCUT2D eigenvalue weighted by molar-refractivity contribution is 0.0895. The average Bonchev–Trinajstić information content (AvgIpc) is 2.78. The molecule has 0 aromatic carbocycles. The summed E-state index contributed by atoms with van der Waals surface area (Å²) in [6, 6.07) is 3.94. The van der Waals surface area contributed by atoms with E-state index in [1.807, 2.05) is 0 Å². The van der Waals surface area contributed by atoms with Gasteiger partial charge in [-0.2, -0.15) is 0 Å². The molecule has 0 unspecified atom stereocenters. The zero-order chi connectivity index (χ0) is 12.1. The molecule has 0 amide bonds. The lowest BCUT2D eigenvalue weighted by atomic mass is 10.0. The molecule has 17 heavy (non-hydrogen) atoms. The van der Waals surface area contributed by atoms with Gasteiger partial charge in [-0.1, -0.05) is 19.8 Å². The van der Waals surface area contributed by atoms with Gasteiger partial charge >= 0.3 is 0 Å². The van der Waals surface area contributed by atoms with Gasteiger partial charge in [-0.25, -0.2) is 0 Å². The average molecular weight is 235 g/mol. The van der Waals surface area contributed by atoms with Crippen molar-refractivity contribution >= 4 is 5.78 Å². The normalized spacial score (nSPS) is 22.3. The topological polar surface area (TPSA) is 33.5 Å². The summed E-state index contributed by atoms with van der Waals surface area (Å²) < 4.78 is 5.17. The van der Waals surface area contributed by atoms with E-state index in [2.05, 4.69) is 11.8 Å². The minimum atomic E-state index is 0.139. The maximum absolute atomic E-state index is 12.0. The van der Waals surface area contributed by atoms with Crippen LogP contribution in [-0.4, -0.2) is 29.8 Å². The Hall–Kier alpha value is -1.09. The number of carbonyl (C=O) groups is 1. The van der Waals surface area contributed by atoms with Crippen molar-refractivity contribution in [2.75, 3.05) is 13.1 Å². The van der Waals surface area contributed by atoms with Crippen molar-refractivity contribution in [2.24, 2.45) is 0 Å². The van der Waals surface area contributed by atoms with Gasteiger partial charge in [0.2, 0.25) is 0 Å². The van der Waals surface area contributed by atoms with Crippen LogP contribution in [0.5, 0.6) is 0 Å². The molecule has 1 fully saturated rings. The fraction of sp³-hybridized carbons (Fsp3) is 0.643. The van der Waals surface area contributed by atoms with Crippen LogP contribution in [0.15, 0.2) is 22.8 Å². The highest BCUT2D eigenvalue weighted by Crippen LogP contribution is 2.20. The van der Waals surface area contributed by atoms with E-state index in [1.165, 1.54) is 19.3 Å². The Morgan fingerprint density at radius 1 is 1.47 bits per heavy atom. The second-order valence-corrected chi connectivity index (χ2v) is 4.74. The Balaban J connectivity index is 1.97. The first kappa shape index (κ1) is 12.4. The zero-order valence-electron chi connectivity index (χ0n) is 10.5. The summed E-state index contributed by atoms with van der Waals surface area (Å²) in [7, 11) is 0. The first-order valence-electron chi connectivity index (χ1n) is 6.62. The maximum atomic E-state index is 12.0. The van der Waals surface area contributed by atoms with Crippen LogP contribution in [0, 0.1) is 0 Å². The molecule has 1 aliphatic rings. The van der Waals surface area contributed by atoms with E-state index >= 15 is 0 Å².